The second kappa shape index (κ2) is 12.1. The van der Waals surface area contributed by atoms with Crippen molar-refractivity contribution >= 4 is 10.8 Å². The van der Waals surface area contributed by atoms with Gasteiger partial charge < -0.3 is 0 Å². The summed E-state index contributed by atoms with van der Waals surface area (Å²) >= 11 is 0. The minimum absolute atomic E-state index is 0.702. The molecule has 0 N–H and O–H groups in total. The number of hydrogen-bond donors (Lipinski definition) is 0. The lowest BCUT2D eigenvalue weighted by Crippen LogP contribution is -2.33. The molecule has 1 saturated heterocycles. The molecule has 1 unspecified atom stereocenters. The van der Waals surface area contributed by atoms with Gasteiger partial charge in [-0.3, -0.25) is 14.0 Å². The molecule has 35 heavy (non-hydrogen) atoms. The summed E-state index contributed by atoms with van der Waals surface area (Å²) in [4.78, 5) is 6.12. The zero-order valence-electron chi connectivity index (χ0n) is 20.8. The minimum Gasteiger partial charge on any atom is -0.299 e. The lowest BCUT2D eigenvalue weighted by molar-refractivity contribution is 0.175. The van der Waals surface area contributed by atoms with E-state index in [2.05, 4.69) is 88.7 Å². The summed E-state index contributed by atoms with van der Waals surface area (Å²) in [6.45, 7) is 6.41. The number of piperidine rings is 1. The van der Waals surface area contributed by atoms with Crippen LogP contribution in [-0.2, 0) is 36.9 Å². The zero-order chi connectivity index (χ0) is 23.9. The highest BCUT2D eigenvalue weighted by Gasteiger charge is 2.21. The van der Waals surface area contributed by atoms with Crippen molar-refractivity contribution in [1.82, 2.24) is 9.80 Å². The Hall–Kier alpha value is -2.27. The molecule has 3 aromatic rings. The van der Waals surface area contributed by atoms with Crippen LogP contribution in [-0.4, -0.2) is 39.4 Å². The molecule has 1 atom stereocenters. The van der Waals surface area contributed by atoms with Gasteiger partial charge in [0, 0.05) is 30.3 Å². The van der Waals surface area contributed by atoms with Gasteiger partial charge in [-0.1, -0.05) is 66.7 Å². The Labute approximate surface area is 213 Å². The molecule has 2 heterocycles. The van der Waals surface area contributed by atoms with Gasteiger partial charge in [-0.05, 0) is 92.0 Å². The summed E-state index contributed by atoms with van der Waals surface area (Å²) in [6.07, 6.45) is 5.83. The molecule has 0 aromatic heterocycles. The number of benzene rings is 3. The van der Waals surface area contributed by atoms with Crippen LogP contribution in [0.25, 0.3) is 0 Å². The number of nitrogens with zero attached hydrogens (tertiary/aromatic N) is 2. The fourth-order valence-electron chi connectivity index (χ4n) is 5.59. The summed E-state index contributed by atoms with van der Waals surface area (Å²) in [5.74, 6) is 1.49. The molecular weight excluding hydrogens is 448 g/mol. The molecule has 2 aliphatic rings. The average Bonchev–Trinajstić information content (AvgIpc) is 3.10. The molecule has 0 bridgehead atoms. The fourth-order valence-corrected chi connectivity index (χ4v) is 6.87. The van der Waals surface area contributed by atoms with E-state index >= 15 is 0 Å². The lowest BCUT2D eigenvalue weighted by atomic mass is 9.94. The normalized spacial score (nSPS) is 18.6. The van der Waals surface area contributed by atoms with E-state index in [1.54, 1.807) is 0 Å². The van der Waals surface area contributed by atoms with Gasteiger partial charge in [-0.2, -0.15) is 0 Å². The number of rotatable bonds is 8. The Morgan fingerprint density at radius 1 is 0.743 bits per heavy atom. The Bertz CT molecular complexity index is 1090. The second-order valence-corrected chi connectivity index (χ2v) is 11.8. The topological polar surface area (TPSA) is 23.6 Å². The molecule has 2 aliphatic heterocycles. The van der Waals surface area contributed by atoms with Crippen LogP contribution < -0.4 is 0 Å². The maximum atomic E-state index is 13.2. The highest BCUT2D eigenvalue weighted by molar-refractivity contribution is 7.85. The van der Waals surface area contributed by atoms with E-state index in [0.29, 0.717) is 5.92 Å². The van der Waals surface area contributed by atoms with E-state index in [-0.39, 0.29) is 0 Å². The first-order chi connectivity index (χ1) is 17.2. The number of hydrogen-bond acceptors (Lipinski definition) is 3. The SMILES string of the molecule is O=S(CCC1CCN(Cc2ccccc2)CC1)c1ccc2c(c1)CN(Cc1ccccc1)CCC2. The van der Waals surface area contributed by atoms with Crippen LogP contribution in [0.4, 0.5) is 0 Å². The van der Waals surface area contributed by atoms with Crippen molar-refractivity contribution in [2.24, 2.45) is 5.92 Å². The molecule has 184 valence electrons. The minimum atomic E-state index is -0.910. The third-order valence-electron chi connectivity index (χ3n) is 7.67. The maximum absolute atomic E-state index is 13.2. The van der Waals surface area contributed by atoms with Gasteiger partial charge in [0.1, 0.15) is 0 Å². The first-order valence-electron chi connectivity index (χ1n) is 13.3. The van der Waals surface area contributed by atoms with Gasteiger partial charge in [0.2, 0.25) is 0 Å². The summed E-state index contributed by atoms with van der Waals surface area (Å²) in [6, 6.07) is 28.1. The largest absolute Gasteiger partial charge is 0.299 e. The van der Waals surface area contributed by atoms with Gasteiger partial charge in [0.05, 0.1) is 10.8 Å². The molecule has 0 saturated carbocycles. The third kappa shape index (κ3) is 6.91. The van der Waals surface area contributed by atoms with Crippen LogP contribution in [0.1, 0.15) is 47.9 Å². The Morgan fingerprint density at radius 2 is 1.40 bits per heavy atom. The number of likely N-dealkylation sites (tertiary alicyclic amines) is 1. The molecule has 1 fully saturated rings. The Morgan fingerprint density at radius 3 is 2.09 bits per heavy atom. The van der Waals surface area contributed by atoms with Gasteiger partial charge in [0.15, 0.2) is 0 Å². The smallest absolute Gasteiger partial charge is 0.0529 e. The van der Waals surface area contributed by atoms with Crippen LogP contribution >= 0.6 is 0 Å². The number of aryl methyl sites for hydroxylation is 1. The van der Waals surface area contributed by atoms with E-state index < -0.39 is 10.8 Å². The van der Waals surface area contributed by atoms with Crippen LogP contribution in [0.3, 0.4) is 0 Å². The standard InChI is InChI=1S/C31H38N2OS/c34-35(21-17-26-15-19-32(20-16-26)23-27-8-3-1-4-9-27)31-14-13-29-12-7-18-33(25-30(29)22-31)24-28-10-5-2-6-11-28/h1-6,8-11,13-14,22,26H,7,12,15-21,23-25H2. The van der Waals surface area contributed by atoms with Crippen molar-refractivity contribution in [1.29, 1.82) is 0 Å². The summed E-state index contributed by atoms with van der Waals surface area (Å²) in [5.41, 5.74) is 5.58. The van der Waals surface area contributed by atoms with Gasteiger partial charge >= 0.3 is 0 Å². The van der Waals surface area contributed by atoms with E-state index in [4.69, 9.17) is 0 Å². The molecular formula is C31H38N2OS. The first kappa shape index (κ1) is 24.4. The summed E-state index contributed by atoms with van der Waals surface area (Å²) in [7, 11) is -0.910. The molecule has 0 spiro atoms. The predicted molar refractivity (Wildman–Crippen MR) is 146 cm³/mol. The van der Waals surface area contributed by atoms with Crippen LogP contribution in [0.2, 0.25) is 0 Å². The van der Waals surface area contributed by atoms with Crippen LogP contribution in [0, 0.1) is 5.92 Å². The lowest BCUT2D eigenvalue weighted by Gasteiger charge is -2.32. The summed E-state index contributed by atoms with van der Waals surface area (Å²) < 4.78 is 13.2. The van der Waals surface area contributed by atoms with E-state index in [1.165, 1.54) is 41.5 Å². The molecule has 3 nitrogen and oxygen atoms in total. The fraction of sp³-hybridized carbons (Fsp3) is 0.419. The molecule has 0 aliphatic carbocycles. The molecule has 3 aromatic carbocycles. The van der Waals surface area contributed by atoms with Crippen molar-refractivity contribution in [3.8, 4) is 0 Å². The maximum Gasteiger partial charge on any atom is 0.0529 e. The molecule has 0 amide bonds. The third-order valence-corrected chi connectivity index (χ3v) is 9.06. The highest BCUT2D eigenvalue weighted by atomic mass is 32.2. The van der Waals surface area contributed by atoms with E-state index in [0.717, 1.165) is 62.8 Å². The van der Waals surface area contributed by atoms with Crippen molar-refractivity contribution in [3.63, 3.8) is 0 Å². The molecule has 0 radical (unpaired) electrons. The summed E-state index contributed by atoms with van der Waals surface area (Å²) in [5, 5.41) is 0. The van der Waals surface area contributed by atoms with Crippen molar-refractivity contribution < 1.29 is 4.21 Å². The van der Waals surface area contributed by atoms with Crippen molar-refractivity contribution in [2.45, 2.75) is 56.6 Å². The van der Waals surface area contributed by atoms with Crippen LogP contribution in [0.5, 0.6) is 0 Å². The molecule has 5 rings (SSSR count). The van der Waals surface area contributed by atoms with Crippen molar-refractivity contribution in [2.75, 3.05) is 25.4 Å². The zero-order valence-corrected chi connectivity index (χ0v) is 21.6. The van der Waals surface area contributed by atoms with Crippen LogP contribution in [0.15, 0.2) is 83.8 Å². The quantitative estimate of drug-likeness (QED) is 0.388. The monoisotopic (exact) mass is 486 g/mol. The second-order valence-electron chi connectivity index (χ2n) is 10.3. The predicted octanol–water partition coefficient (Wildman–Crippen LogP) is 6.04. The van der Waals surface area contributed by atoms with E-state index in [1.807, 2.05) is 0 Å². The Kier molecular flexibility index (Phi) is 8.46. The highest BCUT2D eigenvalue weighted by Crippen LogP contribution is 2.26. The average molecular weight is 487 g/mol. The van der Waals surface area contributed by atoms with Gasteiger partial charge in [-0.25, -0.2) is 0 Å². The van der Waals surface area contributed by atoms with Gasteiger partial charge in [-0.15, -0.1) is 0 Å². The van der Waals surface area contributed by atoms with Crippen molar-refractivity contribution in [3.05, 3.63) is 101 Å². The van der Waals surface area contributed by atoms with E-state index in [9.17, 15) is 4.21 Å². The Balaban J connectivity index is 1.12. The molecule has 4 heteroatoms. The van der Waals surface area contributed by atoms with Gasteiger partial charge in [0.25, 0.3) is 0 Å². The number of fused-ring (bicyclic) bond motifs is 1. The first-order valence-corrected chi connectivity index (χ1v) is 14.6.